The summed E-state index contributed by atoms with van der Waals surface area (Å²) in [7, 11) is 1.81. The molecule has 2 aromatic rings. The molecule has 24 heavy (non-hydrogen) atoms. The molecule has 1 aromatic heterocycles. The van der Waals surface area contributed by atoms with Crippen LogP contribution in [0.4, 0.5) is 4.39 Å². The smallest absolute Gasteiger partial charge is 0.193 e. The molecule has 0 aliphatic carbocycles. The Morgan fingerprint density at radius 3 is 2.92 bits per heavy atom. The van der Waals surface area contributed by atoms with Crippen LogP contribution in [0.3, 0.4) is 0 Å². The summed E-state index contributed by atoms with van der Waals surface area (Å²) in [6.45, 7) is 3.48. The highest BCUT2D eigenvalue weighted by Crippen LogP contribution is 2.21. The minimum atomic E-state index is -0.177. The second-order valence-corrected chi connectivity index (χ2v) is 6.06. The summed E-state index contributed by atoms with van der Waals surface area (Å²) in [6.07, 6.45) is 5.35. The molecular weight excluding hydrogens is 307 g/mol. The lowest BCUT2D eigenvalue weighted by atomic mass is 9.99. The number of hydrogen-bond donors (Lipinski definition) is 1. The molecule has 1 aromatic carbocycles. The van der Waals surface area contributed by atoms with E-state index in [0.29, 0.717) is 5.92 Å². The average Bonchev–Trinajstić information content (AvgIpc) is 3.26. The van der Waals surface area contributed by atoms with Crippen LogP contribution in [0.15, 0.2) is 41.9 Å². The summed E-state index contributed by atoms with van der Waals surface area (Å²) >= 11 is 0. The maximum absolute atomic E-state index is 13.0. The first kappa shape index (κ1) is 16.4. The normalized spacial score (nSPS) is 18.2. The number of nitrogens with zero attached hydrogens (tertiary/aromatic N) is 5. The molecule has 0 bridgehead atoms. The second kappa shape index (κ2) is 7.90. The summed E-state index contributed by atoms with van der Waals surface area (Å²) in [4.78, 5) is 10.6. The summed E-state index contributed by atoms with van der Waals surface area (Å²) in [5.41, 5.74) is 1.19. The second-order valence-electron chi connectivity index (χ2n) is 6.06. The Morgan fingerprint density at radius 1 is 1.38 bits per heavy atom. The zero-order valence-corrected chi connectivity index (χ0v) is 13.9. The predicted molar refractivity (Wildman–Crippen MR) is 91.2 cm³/mol. The molecule has 128 valence electrons. The van der Waals surface area contributed by atoms with Crippen LogP contribution in [-0.2, 0) is 13.0 Å². The quantitative estimate of drug-likeness (QED) is 0.668. The van der Waals surface area contributed by atoms with Crippen molar-refractivity contribution in [1.29, 1.82) is 0 Å². The highest BCUT2D eigenvalue weighted by atomic mass is 19.1. The van der Waals surface area contributed by atoms with Crippen LogP contribution in [-0.4, -0.2) is 52.3 Å². The van der Waals surface area contributed by atoms with E-state index in [1.807, 2.05) is 19.2 Å². The SMILES string of the molecule is CN=C(NCCn1cncn1)N1CCC(Cc2ccc(F)cc2)C1. The average molecular weight is 330 g/mol. The van der Waals surface area contributed by atoms with Crippen LogP contribution in [0.1, 0.15) is 12.0 Å². The molecule has 3 rings (SSSR count). The van der Waals surface area contributed by atoms with Gasteiger partial charge in [-0.25, -0.2) is 9.37 Å². The monoisotopic (exact) mass is 330 g/mol. The van der Waals surface area contributed by atoms with E-state index in [4.69, 9.17) is 0 Å². The van der Waals surface area contributed by atoms with Gasteiger partial charge in [0, 0.05) is 26.7 Å². The number of nitrogens with one attached hydrogen (secondary N) is 1. The van der Waals surface area contributed by atoms with Gasteiger partial charge in [-0.15, -0.1) is 0 Å². The van der Waals surface area contributed by atoms with E-state index < -0.39 is 0 Å². The van der Waals surface area contributed by atoms with Crippen molar-refractivity contribution in [2.24, 2.45) is 10.9 Å². The van der Waals surface area contributed by atoms with Crippen LogP contribution < -0.4 is 5.32 Å². The molecule has 1 fully saturated rings. The van der Waals surface area contributed by atoms with Gasteiger partial charge in [-0.2, -0.15) is 5.10 Å². The van der Waals surface area contributed by atoms with Crippen molar-refractivity contribution in [2.75, 3.05) is 26.7 Å². The first-order chi connectivity index (χ1) is 11.7. The van der Waals surface area contributed by atoms with Gasteiger partial charge in [-0.3, -0.25) is 9.67 Å². The van der Waals surface area contributed by atoms with Gasteiger partial charge in [0.15, 0.2) is 5.96 Å². The van der Waals surface area contributed by atoms with Crippen molar-refractivity contribution in [3.8, 4) is 0 Å². The maximum Gasteiger partial charge on any atom is 0.193 e. The van der Waals surface area contributed by atoms with Crippen molar-refractivity contribution in [1.82, 2.24) is 25.0 Å². The van der Waals surface area contributed by atoms with Gasteiger partial charge >= 0.3 is 0 Å². The van der Waals surface area contributed by atoms with Crippen molar-refractivity contribution in [3.05, 3.63) is 48.3 Å². The molecule has 0 saturated carbocycles. The number of guanidine groups is 1. The van der Waals surface area contributed by atoms with E-state index in [0.717, 1.165) is 45.0 Å². The third-order valence-electron chi connectivity index (χ3n) is 4.33. The van der Waals surface area contributed by atoms with Gasteiger partial charge in [-0.05, 0) is 36.5 Å². The number of likely N-dealkylation sites (tertiary alicyclic amines) is 1. The van der Waals surface area contributed by atoms with E-state index in [9.17, 15) is 4.39 Å². The number of benzene rings is 1. The molecule has 0 radical (unpaired) electrons. The van der Waals surface area contributed by atoms with Gasteiger partial charge in [-0.1, -0.05) is 12.1 Å². The van der Waals surface area contributed by atoms with Crippen molar-refractivity contribution >= 4 is 5.96 Å². The van der Waals surface area contributed by atoms with E-state index in [1.54, 1.807) is 11.0 Å². The summed E-state index contributed by atoms with van der Waals surface area (Å²) in [5.74, 6) is 1.32. The molecule has 0 amide bonds. The minimum Gasteiger partial charge on any atom is -0.354 e. The van der Waals surface area contributed by atoms with Crippen LogP contribution in [0.2, 0.25) is 0 Å². The fourth-order valence-corrected chi connectivity index (χ4v) is 3.11. The number of aromatic nitrogens is 3. The fraction of sp³-hybridized carbons (Fsp3) is 0.471. The Hall–Kier alpha value is -2.44. The first-order valence-corrected chi connectivity index (χ1v) is 8.27. The third-order valence-corrected chi connectivity index (χ3v) is 4.33. The molecule has 7 heteroatoms. The van der Waals surface area contributed by atoms with E-state index in [-0.39, 0.29) is 5.82 Å². The van der Waals surface area contributed by atoms with Crippen LogP contribution in [0.5, 0.6) is 0 Å². The van der Waals surface area contributed by atoms with Gasteiger partial charge in [0.25, 0.3) is 0 Å². The van der Waals surface area contributed by atoms with Crippen LogP contribution >= 0.6 is 0 Å². The first-order valence-electron chi connectivity index (χ1n) is 8.27. The van der Waals surface area contributed by atoms with Gasteiger partial charge in [0.1, 0.15) is 18.5 Å². The maximum atomic E-state index is 13.0. The lowest BCUT2D eigenvalue weighted by Gasteiger charge is -2.21. The van der Waals surface area contributed by atoms with E-state index in [2.05, 4.69) is 25.3 Å². The molecule has 0 spiro atoms. The molecular formula is C17H23FN6. The van der Waals surface area contributed by atoms with Crippen molar-refractivity contribution < 1.29 is 4.39 Å². The summed E-state index contributed by atoms with van der Waals surface area (Å²) < 4.78 is 14.8. The number of aliphatic imine (C=N–C) groups is 1. The summed E-state index contributed by atoms with van der Waals surface area (Å²) in [6, 6.07) is 6.83. The summed E-state index contributed by atoms with van der Waals surface area (Å²) in [5, 5.41) is 7.47. The van der Waals surface area contributed by atoms with Crippen molar-refractivity contribution in [2.45, 2.75) is 19.4 Å². The number of hydrogen-bond acceptors (Lipinski definition) is 3. The molecule has 6 nitrogen and oxygen atoms in total. The van der Waals surface area contributed by atoms with E-state index >= 15 is 0 Å². The Balaban J connectivity index is 1.47. The molecule has 1 aliphatic rings. The Labute approximate surface area is 141 Å². The Bertz CT molecular complexity index is 652. The lowest BCUT2D eigenvalue weighted by Crippen LogP contribution is -2.41. The highest BCUT2D eigenvalue weighted by molar-refractivity contribution is 5.80. The molecule has 1 aliphatic heterocycles. The Kier molecular flexibility index (Phi) is 5.40. The topological polar surface area (TPSA) is 58.3 Å². The zero-order valence-electron chi connectivity index (χ0n) is 13.9. The van der Waals surface area contributed by atoms with Gasteiger partial charge in [0.05, 0.1) is 6.54 Å². The molecule has 1 unspecified atom stereocenters. The predicted octanol–water partition coefficient (Wildman–Crippen LogP) is 1.56. The third kappa shape index (κ3) is 4.31. The minimum absolute atomic E-state index is 0.177. The molecule has 1 N–H and O–H groups in total. The molecule has 1 saturated heterocycles. The molecule has 2 heterocycles. The lowest BCUT2D eigenvalue weighted by molar-refractivity contribution is 0.455. The number of halogens is 1. The van der Waals surface area contributed by atoms with Crippen LogP contribution in [0, 0.1) is 11.7 Å². The molecule has 1 atom stereocenters. The van der Waals surface area contributed by atoms with Crippen molar-refractivity contribution in [3.63, 3.8) is 0 Å². The Morgan fingerprint density at radius 2 is 2.21 bits per heavy atom. The standard InChI is InChI=1S/C17H23FN6/c1-19-17(21-7-9-24-13-20-12-22-24)23-8-6-15(11-23)10-14-2-4-16(18)5-3-14/h2-5,12-13,15H,6-11H2,1H3,(H,19,21). The van der Waals surface area contributed by atoms with Gasteiger partial charge < -0.3 is 10.2 Å². The van der Waals surface area contributed by atoms with E-state index in [1.165, 1.54) is 24.0 Å². The van der Waals surface area contributed by atoms with Gasteiger partial charge in [0.2, 0.25) is 0 Å². The highest BCUT2D eigenvalue weighted by Gasteiger charge is 2.24. The zero-order chi connectivity index (χ0) is 16.8. The number of rotatable bonds is 5. The largest absolute Gasteiger partial charge is 0.354 e. The fourth-order valence-electron chi connectivity index (χ4n) is 3.11. The van der Waals surface area contributed by atoms with Crippen LogP contribution in [0.25, 0.3) is 0 Å².